The molecule has 9 heteroatoms. The van der Waals surface area contributed by atoms with E-state index in [0.29, 0.717) is 0 Å². The van der Waals surface area contributed by atoms with Gasteiger partial charge in [0.2, 0.25) is 0 Å². The van der Waals surface area contributed by atoms with Crippen molar-refractivity contribution >= 4 is 5.97 Å². The maximum atomic E-state index is 11.9. The highest BCUT2D eigenvalue weighted by molar-refractivity contribution is 5.71. The van der Waals surface area contributed by atoms with Gasteiger partial charge in [0.15, 0.2) is 5.82 Å². The third kappa shape index (κ3) is 3.17. The molecular weight excluding hydrogens is 229 g/mol. The van der Waals surface area contributed by atoms with E-state index < -0.39 is 31.0 Å². The van der Waals surface area contributed by atoms with Gasteiger partial charge in [-0.1, -0.05) is 0 Å². The smallest absolute Gasteiger partial charge is 0.389 e. The van der Waals surface area contributed by atoms with Gasteiger partial charge in [-0.05, 0) is 17.4 Å². The van der Waals surface area contributed by atoms with Crippen molar-refractivity contribution in [1.29, 1.82) is 0 Å². The predicted molar refractivity (Wildman–Crippen MR) is 44.5 cm³/mol. The van der Waals surface area contributed by atoms with Crippen LogP contribution < -0.4 is 0 Å². The molecule has 1 aromatic rings. The van der Waals surface area contributed by atoms with E-state index in [1.54, 1.807) is 0 Å². The second-order valence-electron chi connectivity index (χ2n) is 3.17. The fourth-order valence-corrected chi connectivity index (χ4v) is 1.04. The van der Waals surface area contributed by atoms with Crippen LogP contribution in [0.2, 0.25) is 0 Å². The number of carboxylic acids is 1. The average Bonchev–Trinajstić information content (AvgIpc) is 2.59. The molecule has 1 rings (SSSR count). The largest absolute Gasteiger partial charge is 0.480 e. The molecule has 0 amide bonds. The van der Waals surface area contributed by atoms with Gasteiger partial charge in [0.05, 0.1) is 6.42 Å². The number of carbonyl (C=O) groups is 1. The second kappa shape index (κ2) is 4.45. The van der Waals surface area contributed by atoms with Crippen molar-refractivity contribution in [3.63, 3.8) is 0 Å². The zero-order chi connectivity index (χ0) is 12.3. The number of rotatable bonds is 4. The van der Waals surface area contributed by atoms with E-state index in [9.17, 15) is 18.0 Å². The van der Waals surface area contributed by atoms with Crippen LogP contribution in [0, 0.1) is 0 Å². The lowest BCUT2D eigenvalue weighted by Crippen LogP contribution is -2.20. The summed E-state index contributed by atoms with van der Waals surface area (Å²) in [5.41, 5.74) is 0. The molecule has 0 aliphatic rings. The van der Waals surface area contributed by atoms with Crippen molar-refractivity contribution < 1.29 is 23.1 Å². The summed E-state index contributed by atoms with van der Waals surface area (Å²) in [6, 6.07) is -1.08. The number of aromatic nitrogens is 4. The Morgan fingerprint density at radius 3 is 2.69 bits per heavy atom. The third-order valence-electron chi connectivity index (χ3n) is 1.92. The van der Waals surface area contributed by atoms with Gasteiger partial charge >= 0.3 is 12.1 Å². The Kier molecular flexibility index (Phi) is 3.45. The highest BCUT2D eigenvalue weighted by Crippen LogP contribution is 2.21. The Morgan fingerprint density at radius 2 is 2.19 bits per heavy atom. The van der Waals surface area contributed by atoms with Gasteiger partial charge in [-0.25, -0.2) is 9.48 Å². The van der Waals surface area contributed by atoms with Crippen molar-refractivity contribution in [2.75, 3.05) is 0 Å². The molecule has 0 saturated carbocycles. The van der Waals surface area contributed by atoms with Crippen LogP contribution in [0.1, 0.15) is 25.2 Å². The molecule has 6 nitrogen and oxygen atoms in total. The average molecular weight is 238 g/mol. The minimum Gasteiger partial charge on any atom is -0.480 e. The van der Waals surface area contributed by atoms with Crippen molar-refractivity contribution in [3.05, 3.63) is 5.82 Å². The molecule has 1 heterocycles. The molecular formula is C7H9F3N4O2. The number of hydrogen-bond acceptors (Lipinski definition) is 4. The molecule has 0 saturated heterocycles. The summed E-state index contributed by atoms with van der Waals surface area (Å²) >= 11 is 0. The van der Waals surface area contributed by atoms with Crippen molar-refractivity contribution in [2.24, 2.45) is 0 Å². The molecule has 0 fully saturated rings. The molecule has 1 unspecified atom stereocenters. The number of alkyl halides is 3. The lowest BCUT2D eigenvalue weighted by Gasteiger charge is -2.09. The summed E-state index contributed by atoms with van der Waals surface area (Å²) in [7, 11) is 0. The first kappa shape index (κ1) is 12.4. The fourth-order valence-electron chi connectivity index (χ4n) is 1.04. The molecule has 1 atom stereocenters. The summed E-state index contributed by atoms with van der Waals surface area (Å²) in [4.78, 5) is 10.6. The molecule has 0 spiro atoms. The van der Waals surface area contributed by atoms with Crippen LogP contribution in [-0.4, -0.2) is 37.5 Å². The molecule has 1 N–H and O–H groups in total. The summed E-state index contributed by atoms with van der Waals surface area (Å²) < 4.78 is 36.7. The Bertz CT molecular complexity index is 376. The number of aryl methyl sites for hydroxylation is 1. The van der Waals surface area contributed by atoms with E-state index in [2.05, 4.69) is 15.5 Å². The topological polar surface area (TPSA) is 80.9 Å². The summed E-state index contributed by atoms with van der Waals surface area (Å²) in [6.07, 6.45) is -5.84. The van der Waals surface area contributed by atoms with Crippen LogP contribution >= 0.6 is 0 Å². The van der Waals surface area contributed by atoms with E-state index in [1.807, 2.05) is 0 Å². The zero-order valence-electron chi connectivity index (χ0n) is 8.27. The second-order valence-corrected chi connectivity index (χ2v) is 3.17. The van der Waals surface area contributed by atoms with E-state index >= 15 is 0 Å². The van der Waals surface area contributed by atoms with Gasteiger partial charge in [-0.15, -0.1) is 5.10 Å². The fraction of sp³-hybridized carbons (Fsp3) is 0.714. The minimum absolute atomic E-state index is 0.0905. The lowest BCUT2D eigenvalue weighted by atomic mass is 10.2. The Hall–Kier alpha value is -1.67. The standard InChI is InChI=1S/C7H9F3N4O2/c1-4(6(15)16)14-5(11-12-13-14)2-3-7(8,9)10/h4H,2-3H2,1H3,(H,15,16). The molecule has 1 aromatic heterocycles. The number of halogens is 3. The first-order valence-corrected chi connectivity index (χ1v) is 4.37. The molecule has 0 radical (unpaired) electrons. The molecule has 16 heavy (non-hydrogen) atoms. The summed E-state index contributed by atoms with van der Waals surface area (Å²) in [6.45, 7) is 1.29. The van der Waals surface area contributed by atoms with Crippen molar-refractivity contribution in [2.45, 2.75) is 32.0 Å². The van der Waals surface area contributed by atoms with E-state index in [0.717, 1.165) is 4.68 Å². The third-order valence-corrected chi connectivity index (χ3v) is 1.92. The van der Waals surface area contributed by atoms with Crippen molar-refractivity contribution in [3.8, 4) is 0 Å². The summed E-state index contributed by atoms with van der Waals surface area (Å²) in [5.74, 6) is -1.30. The van der Waals surface area contributed by atoms with Crippen LogP contribution in [0.3, 0.4) is 0 Å². The highest BCUT2D eigenvalue weighted by Gasteiger charge is 2.29. The summed E-state index contributed by atoms with van der Waals surface area (Å²) in [5, 5.41) is 18.5. The number of aliphatic carboxylic acids is 1. The number of tetrazole rings is 1. The van der Waals surface area contributed by atoms with Gasteiger partial charge in [0, 0.05) is 6.42 Å². The van der Waals surface area contributed by atoms with E-state index in [1.165, 1.54) is 6.92 Å². The van der Waals surface area contributed by atoms with E-state index in [4.69, 9.17) is 5.11 Å². The first-order chi connectivity index (χ1) is 7.31. The monoisotopic (exact) mass is 238 g/mol. The van der Waals surface area contributed by atoms with E-state index in [-0.39, 0.29) is 5.82 Å². The van der Waals surface area contributed by atoms with Gasteiger partial charge in [-0.2, -0.15) is 13.2 Å². The van der Waals surface area contributed by atoms with Gasteiger partial charge in [0.1, 0.15) is 6.04 Å². The van der Waals surface area contributed by atoms with Gasteiger partial charge in [-0.3, -0.25) is 0 Å². The Labute approximate surface area is 88.1 Å². The van der Waals surface area contributed by atoms with Crippen LogP contribution in [0.5, 0.6) is 0 Å². The Morgan fingerprint density at radius 1 is 1.56 bits per heavy atom. The van der Waals surface area contributed by atoms with Crippen LogP contribution in [-0.2, 0) is 11.2 Å². The van der Waals surface area contributed by atoms with Gasteiger partial charge in [0.25, 0.3) is 0 Å². The molecule has 0 aromatic carbocycles. The number of hydrogen-bond donors (Lipinski definition) is 1. The minimum atomic E-state index is -4.32. The Balaban J connectivity index is 2.75. The number of carboxylic acid groups (broad SMARTS) is 1. The molecule has 90 valence electrons. The molecule has 0 aliphatic heterocycles. The molecule has 0 bridgehead atoms. The zero-order valence-corrected chi connectivity index (χ0v) is 8.27. The molecule has 0 aliphatic carbocycles. The van der Waals surface area contributed by atoms with Gasteiger partial charge < -0.3 is 5.11 Å². The highest BCUT2D eigenvalue weighted by atomic mass is 19.4. The maximum Gasteiger partial charge on any atom is 0.389 e. The quantitative estimate of drug-likeness (QED) is 0.839. The lowest BCUT2D eigenvalue weighted by molar-refractivity contribution is -0.140. The number of nitrogens with zero attached hydrogens (tertiary/aromatic N) is 4. The van der Waals surface area contributed by atoms with Crippen LogP contribution in [0.25, 0.3) is 0 Å². The normalized spacial score (nSPS) is 13.8. The predicted octanol–water partition coefficient (Wildman–Crippen LogP) is 0.814. The van der Waals surface area contributed by atoms with Crippen molar-refractivity contribution in [1.82, 2.24) is 20.2 Å². The maximum absolute atomic E-state index is 11.9. The SMILES string of the molecule is CC(C(=O)O)n1nnnc1CCC(F)(F)F. The first-order valence-electron chi connectivity index (χ1n) is 4.37. The van der Waals surface area contributed by atoms with Crippen LogP contribution in [0.15, 0.2) is 0 Å². The van der Waals surface area contributed by atoms with Crippen LogP contribution in [0.4, 0.5) is 13.2 Å².